The van der Waals surface area contributed by atoms with Crippen molar-refractivity contribution in [3.63, 3.8) is 0 Å². The number of nitrogens with two attached hydrogens (primary N) is 1. The molecule has 0 aromatic rings. The SMILES string of the molecule is C=CC(C)(COCCC(N)=O)[C@@H](C)Br. The Morgan fingerprint density at radius 1 is 1.79 bits per heavy atom. The van der Waals surface area contributed by atoms with Crippen molar-refractivity contribution in [1.29, 1.82) is 0 Å². The zero-order valence-electron chi connectivity index (χ0n) is 8.75. The standard InChI is InChI=1S/C10H18BrNO2/c1-4-10(3,8(2)11)7-14-6-5-9(12)13/h4,8H,1,5-7H2,2-3H3,(H2,12,13)/t8-,10?/m1/s1. The predicted molar refractivity (Wildman–Crippen MR) is 61.3 cm³/mol. The molecular weight excluding hydrogens is 246 g/mol. The van der Waals surface area contributed by atoms with Crippen LogP contribution >= 0.6 is 15.9 Å². The summed E-state index contributed by atoms with van der Waals surface area (Å²) in [4.78, 5) is 10.7. The number of hydrogen-bond acceptors (Lipinski definition) is 2. The molecule has 0 saturated carbocycles. The first-order valence-electron chi connectivity index (χ1n) is 4.56. The van der Waals surface area contributed by atoms with E-state index in [0.717, 1.165) is 0 Å². The minimum absolute atomic E-state index is 0.113. The van der Waals surface area contributed by atoms with Crippen LogP contribution in [0.1, 0.15) is 20.3 Å². The average Bonchev–Trinajstić information content (AvgIpc) is 2.11. The molecule has 0 aromatic heterocycles. The maximum Gasteiger partial charge on any atom is 0.219 e. The molecule has 0 aliphatic rings. The van der Waals surface area contributed by atoms with Crippen molar-refractivity contribution in [2.45, 2.75) is 25.1 Å². The Morgan fingerprint density at radius 3 is 2.71 bits per heavy atom. The van der Waals surface area contributed by atoms with Crippen LogP contribution in [0.3, 0.4) is 0 Å². The summed E-state index contributed by atoms with van der Waals surface area (Å²) in [5.74, 6) is -0.336. The highest BCUT2D eigenvalue weighted by atomic mass is 79.9. The second kappa shape index (κ2) is 6.19. The molecule has 0 aliphatic heterocycles. The van der Waals surface area contributed by atoms with E-state index in [1.165, 1.54) is 0 Å². The molecule has 0 rings (SSSR count). The number of ether oxygens (including phenoxy) is 1. The summed E-state index contributed by atoms with van der Waals surface area (Å²) in [5.41, 5.74) is 4.87. The molecule has 1 amide bonds. The van der Waals surface area contributed by atoms with E-state index in [9.17, 15) is 4.79 Å². The van der Waals surface area contributed by atoms with Crippen molar-refractivity contribution in [2.24, 2.45) is 11.1 Å². The Labute approximate surface area is 93.8 Å². The fraction of sp³-hybridized carbons (Fsp3) is 0.700. The Morgan fingerprint density at radius 2 is 2.36 bits per heavy atom. The van der Waals surface area contributed by atoms with E-state index in [4.69, 9.17) is 10.5 Å². The molecule has 2 atom stereocenters. The molecule has 0 aliphatic carbocycles. The largest absolute Gasteiger partial charge is 0.380 e. The van der Waals surface area contributed by atoms with E-state index in [1.54, 1.807) is 0 Å². The van der Waals surface area contributed by atoms with Gasteiger partial charge in [0.15, 0.2) is 0 Å². The fourth-order valence-corrected chi connectivity index (χ4v) is 1.12. The Kier molecular flexibility index (Phi) is 6.04. The lowest BCUT2D eigenvalue weighted by molar-refractivity contribution is -0.119. The molecule has 1 unspecified atom stereocenters. The van der Waals surface area contributed by atoms with Gasteiger partial charge in [-0.05, 0) is 0 Å². The zero-order chi connectivity index (χ0) is 11.2. The van der Waals surface area contributed by atoms with Gasteiger partial charge in [0.05, 0.1) is 13.2 Å². The van der Waals surface area contributed by atoms with Gasteiger partial charge >= 0.3 is 0 Å². The molecule has 0 heterocycles. The second-order valence-electron chi connectivity index (χ2n) is 3.59. The molecule has 4 heteroatoms. The summed E-state index contributed by atoms with van der Waals surface area (Å²) < 4.78 is 5.36. The van der Waals surface area contributed by atoms with E-state index < -0.39 is 0 Å². The lowest BCUT2D eigenvalue weighted by atomic mass is 9.89. The van der Waals surface area contributed by atoms with Crippen LogP contribution in [0, 0.1) is 5.41 Å². The lowest BCUT2D eigenvalue weighted by Gasteiger charge is -2.28. The van der Waals surface area contributed by atoms with Crippen LogP contribution in [0.5, 0.6) is 0 Å². The quantitative estimate of drug-likeness (QED) is 0.433. The van der Waals surface area contributed by atoms with Crippen LogP contribution in [-0.2, 0) is 9.53 Å². The molecule has 2 N–H and O–H groups in total. The predicted octanol–water partition coefficient (Wildman–Crippen LogP) is 1.85. The summed E-state index contributed by atoms with van der Waals surface area (Å²) in [6.45, 7) is 8.76. The van der Waals surface area contributed by atoms with E-state index in [0.29, 0.717) is 13.2 Å². The van der Waals surface area contributed by atoms with Gasteiger partial charge in [-0.1, -0.05) is 35.9 Å². The van der Waals surface area contributed by atoms with Gasteiger partial charge in [-0.3, -0.25) is 4.79 Å². The first-order chi connectivity index (χ1) is 6.42. The topological polar surface area (TPSA) is 52.3 Å². The number of amides is 1. The summed E-state index contributed by atoms with van der Waals surface area (Å²) in [6, 6.07) is 0. The number of rotatable bonds is 7. The highest BCUT2D eigenvalue weighted by Crippen LogP contribution is 2.28. The fourth-order valence-electron chi connectivity index (χ4n) is 0.801. The van der Waals surface area contributed by atoms with Crippen molar-refractivity contribution in [3.8, 4) is 0 Å². The van der Waals surface area contributed by atoms with E-state index in [2.05, 4.69) is 22.5 Å². The minimum atomic E-state index is -0.336. The first kappa shape index (κ1) is 13.7. The highest BCUT2D eigenvalue weighted by molar-refractivity contribution is 9.09. The van der Waals surface area contributed by atoms with E-state index in [-0.39, 0.29) is 22.6 Å². The molecule has 0 spiro atoms. The maximum absolute atomic E-state index is 10.4. The summed E-state index contributed by atoms with van der Waals surface area (Å²) in [5, 5.41) is 0. The van der Waals surface area contributed by atoms with Crippen molar-refractivity contribution in [3.05, 3.63) is 12.7 Å². The highest BCUT2D eigenvalue weighted by Gasteiger charge is 2.26. The molecule has 3 nitrogen and oxygen atoms in total. The van der Waals surface area contributed by atoms with Gasteiger partial charge in [-0.15, -0.1) is 6.58 Å². The lowest BCUT2D eigenvalue weighted by Crippen LogP contribution is -2.29. The molecule has 0 bridgehead atoms. The Balaban J connectivity index is 3.85. The van der Waals surface area contributed by atoms with E-state index >= 15 is 0 Å². The Bertz CT molecular complexity index is 206. The average molecular weight is 264 g/mol. The van der Waals surface area contributed by atoms with Gasteiger partial charge in [0.25, 0.3) is 0 Å². The van der Waals surface area contributed by atoms with Gasteiger partial charge in [0.1, 0.15) is 0 Å². The number of halogens is 1. The van der Waals surface area contributed by atoms with E-state index in [1.807, 2.05) is 19.9 Å². The van der Waals surface area contributed by atoms with Gasteiger partial charge in [0, 0.05) is 16.7 Å². The van der Waals surface area contributed by atoms with Crippen molar-refractivity contribution in [2.75, 3.05) is 13.2 Å². The molecule has 0 fully saturated rings. The second-order valence-corrected chi connectivity index (χ2v) is 4.97. The zero-order valence-corrected chi connectivity index (χ0v) is 10.3. The van der Waals surface area contributed by atoms with Crippen LogP contribution in [0.4, 0.5) is 0 Å². The number of hydrogen-bond donors (Lipinski definition) is 1. The number of carbonyl (C=O) groups is 1. The smallest absolute Gasteiger partial charge is 0.219 e. The molecule has 0 aromatic carbocycles. The third-order valence-corrected chi connectivity index (χ3v) is 3.33. The van der Waals surface area contributed by atoms with Gasteiger partial charge in [-0.25, -0.2) is 0 Å². The number of primary amides is 1. The monoisotopic (exact) mass is 263 g/mol. The molecule has 82 valence electrons. The summed E-state index contributed by atoms with van der Waals surface area (Å²) >= 11 is 3.50. The van der Waals surface area contributed by atoms with Gasteiger partial charge < -0.3 is 10.5 Å². The summed E-state index contributed by atoms with van der Waals surface area (Å²) in [7, 11) is 0. The normalized spacial score (nSPS) is 17.1. The number of alkyl halides is 1. The molecule has 0 radical (unpaired) electrons. The van der Waals surface area contributed by atoms with Crippen molar-refractivity contribution in [1.82, 2.24) is 0 Å². The third-order valence-electron chi connectivity index (χ3n) is 2.28. The maximum atomic E-state index is 10.4. The van der Waals surface area contributed by atoms with Gasteiger partial charge in [0.2, 0.25) is 5.91 Å². The number of carbonyl (C=O) groups excluding carboxylic acids is 1. The third kappa shape index (κ3) is 4.77. The Hall–Kier alpha value is -0.350. The minimum Gasteiger partial charge on any atom is -0.380 e. The molecule has 0 saturated heterocycles. The van der Waals surface area contributed by atoms with Crippen LogP contribution in [-0.4, -0.2) is 23.9 Å². The van der Waals surface area contributed by atoms with Gasteiger partial charge in [-0.2, -0.15) is 0 Å². The van der Waals surface area contributed by atoms with Crippen molar-refractivity contribution < 1.29 is 9.53 Å². The van der Waals surface area contributed by atoms with Crippen LogP contribution < -0.4 is 5.73 Å². The summed E-state index contributed by atoms with van der Waals surface area (Å²) in [6.07, 6.45) is 2.13. The van der Waals surface area contributed by atoms with Crippen LogP contribution in [0.2, 0.25) is 0 Å². The van der Waals surface area contributed by atoms with Crippen LogP contribution in [0.15, 0.2) is 12.7 Å². The van der Waals surface area contributed by atoms with Crippen LogP contribution in [0.25, 0.3) is 0 Å². The van der Waals surface area contributed by atoms with Crippen molar-refractivity contribution >= 4 is 21.8 Å². The molecule has 14 heavy (non-hydrogen) atoms. The molecular formula is C10H18BrNO2. The first-order valence-corrected chi connectivity index (χ1v) is 5.47.